The Morgan fingerprint density at radius 3 is 2.96 bits per heavy atom. The lowest BCUT2D eigenvalue weighted by Crippen LogP contribution is -1.96. The Morgan fingerprint density at radius 2 is 2.04 bits per heavy atom. The van der Waals surface area contributed by atoms with Crippen molar-refractivity contribution < 1.29 is 14.6 Å². The maximum absolute atomic E-state index is 9.23. The van der Waals surface area contributed by atoms with Crippen molar-refractivity contribution in [2.24, 2.45) is 0 Å². The Morgan fingerprint density at radius 1 is 1.12 bits per heavy atom. The maximum atomic E-state index is 9.23. The minimum Gasteiger partial charge on any atom is -0.454 e. The summed E-state index contributed by atoms with van der Waals surface area (Å²) in [4.78, 5) is 11.9. The number of nitrogens with zero attached hydrogens (tertiary/aromatic N) is 3. The van der Waals surface area contributed by atoms with E-state index in [1.54, 1.807) is 6.20 Å². The predicted octanol–water partition coefficient (Wildman–Crippen LogP) is 2.64. The molecule has 7 nitrogen and oxygen atoms in total. The van der Waals surface area contributed by atoms with Gasteiger partial charge in [-0.1, -0.05) is 0 Å². The van der Waals surface area contributed by atoms with Gasteiger partial charge in [0.1, 0.15) is 18.3 Å². The molecule has 0 radical (unpaired) electrons. The lowest BCUT2D eigenvalue weighted by molar-refractivity contribution is 0.174. The van der Waals surface area contributed by atoms with Crippen molar-refractivity contribution >= 4 is 11.0 Å². The molecule has 0 saturated carbocycles. The summed E-state index contributed by atoms with van der Waals surface area (Å²) in [5.41, 5.74) is 3.57. The highest BCUT2D eigenvalue weighted by Crippen LogP contribution is 2.36. The average molecular weight is 334 g/mol. The minimum absolute atomic E-state index is 0.114. The summed E-state index contributed by atoms with van der Waals surface area (Å²) >= 11 is 0. The van der Waals surface area contributed by atoms with Crippen LogP contribution in [0, 0.1) is 0 Å². The van der Waals surface area contributed by atoms with Crippen LogP contribution in [0.25, 0.3) is 28.1 Å². The van der Waals surface area contributed by atoms with Crippen LogP contribution in [0.15, 0.2) is 48.8 Å². The van der Waals surface area contributed by atoms with Gasteiger partial charge in [-0.2, -0.15) is 0 Å². The van der Waals surface area contributed by atoms with Gasteiger partial charge in [-0.15, -0.1) is 0 Å². The Bertz CT molecular complexity index is 1080. The second-order valence-corrected chi connectivity index (χ2v) is 5.73. The van der Waals surface area contributed by atoms with E-state index in [9.17, 15) is 5.11 Å². The average Bonchev–Trinajstić information content (AvgIpc) is 3.37. The van der Waals surface area contributed by atoms with Gasteiger partial charge in [0.15, 0.2) is 11.5 Å². The van der Waals surface area contributed by atoms with Gasteiger partial charge in [0.05, 0.1) is 11.0 Å². The van der Waals surface area contributed by atoms with Gasteiger partial charge in [-0.25, -0.2) is 9.97 Å². The van der Waals surface area contributed by atoms with Gasteiger partial charge in [-0.3, -0.25) is 4.57 Å². The Labute approximate surface area is 142 Å². The van der Waals surface area contributed by atoms with Crippen LogP contribution in [-0.4, -0.2) is 31.4 Å². The highest BCUT2D eigenvalue weighted by Gasteiger charge is 2.16. The van der Waals surface area contributed by atoms with Crippen LogP contribution < -0.4 is 9.47 Å². The van der Waals surface area contributed by atoms with Crippen LogP contribution in [0.2, 0.25) is 0 Å². The van der Waals surface area contributed by atoms with Gasteiger partial charge in [-0.05, 0) is 36.4 Å². The molecular weight excluding hydrogens is 320 g/mol. The third kappa shape index (κ3) is 2.25. The number of ether oxygens (including phenoxy) is 2. The molecule has 2 aromatic carbocycles. The number of aliphatic hydroxyl groups excluding tert-OH is 1. The molecule has 3 heterocycles. The molecule has 0 aliphatic carbocycles. The largest absolute Gasteiger partial charge is 0.454 e. The fourth-order valence-electron chi connectivity index (χ4n) is 3.04. The van der Waals surface area contributed by atoms with Crippen molar-refractivity contribution in [2.45, 2.75) is 6.61 Å². The normalized spacial score (nSPS) is 12.8. The quantitative estimate of drug-likeness (QED) is 0.601. The molecule has 25 heavy (non-hydrogen) atoms. The molecule has 4 aromatic rings. The fourth-order valence-corrected chi connectivity index (χ4v) is 3.04. The third-order valence-corrected chi connectivity index (χ3v) is 4.21. The summed E-state index contributed by atoms with van der Waals surface area (Å²) in [6, 6.07) is 11.7. The summed E-state index contributed by atoms with van der Waals surface area (Å²) < 4.78 is 12.8. The molecule has 0 atom stereocenters. The zero-order valence-corrected chi connectivity index (χ0v) is 13.1. The number of imidazole rings is 2. The van der Waals surface area contributed by atoms with Gasteiger partial charge in [0, 0.05) is 23.6 Å². The van der Waals surface area contributed by atoms with E-state index in [0.717, 1.165) is 39.6 Å². The van der Waals surface area contributed by atoms with Crippen LogP contribution in [0.5, 0.6) is 11.5 Å². The molecule has 0 saturated heterocycles. The van der Waals surface area contributed by atoms with Crippen LogP contribution >= 0.6 is 0 Å². The van der Waals surface area contributed by atoms with Crippen LogP contribution in [-0.2, 0) is 6.61 Å². The molecule has 2 N–H and O–H groups in total. The molecule has 124 valence electrons. The lowest BCUT2D eigenvalue weighted by atomic mass is 10.2. The predicted molar refractivity (Wildman–Crippen MR) is 90.7 cm³/mol. The summed E-state index contributed by atoms with van der Waals surface area (Å²) in [5, 5.41) is 9.23. The number of aliphatic hydroxyl groups is 1. The topological polar surface area (TPSA) is 85.2 Å². The van der Waals surface area contributed by atoms with E-state index in [1.807, 2.05) is 47.2 Å². The number of nitrogens with one attached hydrogen (secondary N) is 1. The molecule has 1 aliphatic heterocycles. The van der Waals surface area contributed by atoms with Gasteiger partial charge in [0.2, 0.25) is 6.79 Å². The number of hydrogen-bond acceptors (Lipinski definition) is 5. The van der Waals surface area contributed by atoms with Crippen LogP contribution in [0.1, 0.15) is 5.82 Å². The van der Waals surface area contributed by atoms with E-state index in [1.165, 1.54) is 0 Å². The number of hydrogen-bond donors (Lipinski definition) is 2. The summed E-state index contributed by atoms with van der Waals surface area (Å²) in [6.07, 6.45) is 3.67. The molecule has 1 aliphatic rings. The molecule has 0 bridgehead atoms. The van der Waals surface area contributed by atoms with E-state index < -0.39 is 0 Å². The molecule has 0 unspecified atom stereocenters. The fraction of sp³-hybridized carbons (Fsp3) is 0.111. The molecular formula is C18H14N4O3. The second kappa shape index (κ2) is 5.35. The lowest BCUT2D eigenvalue weighted by Gasteiger charge is -2.08. The Kier molecular flexibility index (Phi) is 3.01. The molecule has 0 fully saturated rings. The first-order valence-corrected chi connectivity index (χ1v) is 7.85. The molecule has 0 amide bonds. The molecule has 2 aromatic heterocycles. The zero-order chi connectivity index (χ0) is 16.8. The van der Waals surface area contributed by atoms with E-state index in [2.05, 4.69) is 15.0 Å². The summed E-state index contributed by atoms with van der Waals surface area (Å²) in [6.45, 7) is 0.133. The standard InChI is InChI=1S/C18H14N4O3/c23-9-17-20-13-3-2-12(8-14(13)21-17)22-6-5-19-18(22)11-1-4-15-16(7-11)25-10-24-15/h1-8,23H,9-10H2,(H,20,21). The number of aromatic amines is 1. The Balaban J connectivity index is 1.61. The SMILES string of the molecule is OCc1nc2ccc(-n3ccnc3-c3ccc4c(c3)OCO4)cc2[nH]1. The maximum Gasteiger partial charge on any atom is 0.231 e. The monoisotopic (exact) mass is 334 g/mol. The number of aromatic nitrogens is 4. The van der Waals surface area contributed by atoms with Crippen molar-refractivity contribution in [1.29, 1.82) is 0 Å². The minimum atomic E-state index is -0.114. The first kappa shape index (κ1) is 14.1. The van der Waals surface area contributed by atoms with E-state index >= 15 is 0 Å². The van der Waals surface area contributed by atoms with E-state index in [4.69, 9.17) is 9.47 Å². The molecule has 5 rings (SSSR count). The van der Waals surface area contributed by atoms with Gasteiger partial charge in [0.25, 0.3) is 0 Å². The van der Waals surface area contributed by atoms with Crippen molar-refractivity contribution in [3.63, 3.8) is 0 Å². The highest BCUT2D eigenvalue weighted by atomic mass is 16.7. The van der Waals surface area contributed by atoms with Gasteiger partial charge >= 0.3 is 0 Å². The highest BCUT2D eigenvalue weighted by molar-refractivity contribution is 5.78. The van der Waals surface area contributed by atoms with Crippen LogP contribution in [0.4, 0.5) is 0 Å². The van der Waals surface area contributed by atoms with E-state index in [-0.39, 0.29) is 13.4 Å². The molecule has 0 spiro atoms. The number of fused-ring (bicyclic) bond motifs is 2. The third-order valence-electron chi connectivity index (χ3n) is 4.21. The first-order valence-electron chi connectivity index (χ1n) is 7.85. The second-order valence-electron chi connectivity index (χ2n) is 5.73. The van der Waals surface area contributed by atoms with Gasteiger partial charge < -0.3 is 19.6 Å². The summed E-state index contributed by atoms with van der Waals surface area (Å²) in [7, 11) is 0. The van der Waals surface area contributed by atoms with Crippen molar-refractivity contribution in [3.8, 4) is 28.6 Å². The Hall–Kier alpha value is -3.32. The zero-order valence-electron chi connectivity index (χ0n) is 13.1. The van der Waals surface area contributed by atoms with Crippen molar-refractivity contribution in [3.05, 3.63) is 54.6 Å². The van der Waals surface area contributed by atoms with Crippen LogP contribution in [0.3, 0.4) is 0 Å². The van der Waals surface area contributed by atoms with E-state index in [0.29, 0.717) is 5.82 Å². The molecule has 7 heteroatoms. The van der Waals surface area contributed by atoms with Crippen molar-refractivity contribution in [2.75, 3.05) is 6.79 Å². The number of rotatable bonds is 3. The van der Waals surface area contributed by atoms with Crippen molar-refractivity contribution in [1.82, 2.24) is 19.5 Å². The first-order chi connectivity index (χ1) is 12.3. The number of benzene rings is 2. The summed E-state index contributed by atoms with van der Waals surface area (Å²) in [5.74, 6) is 2.83. The number of H-pyrrole nitrogens is 1. The smallest absolute Gasteiger partial charge is 0.231 e.